The lowest BCUT2D eigenvalue weighted by Gasteiger charge is -2.38. The molecule has 0 bridgehead atoms. The number of aromatic nitrogens is 1. The van der Waals surface area contributed by atoms with Crippen LogP contribution in [-0.4, -0.2) is 61.7 Å². The SMILES string of the molecule is CC1COc2cccc(N3CCN(CCCCOc4ccc5c(n4)NC(=O)CC5)CC3)c2C1. The van der Waals surface area contributed by atoms with E-state index in [1.165, 1.54) is 11.3 Å². The molecule has 0 aliphatic carbocycles. The van der Waals surface area contributed by atoms with E-state index in [1.807, 2.05) is 12.1 Å². The number of nitrogens with one attached hydrogen (secondary N) is 1. The van der Waals surface area contributed by atoms with Crippen LogP contribution in [0.25, 0.3) is 0 Å². The van der Waals surface area contributed by atoms with Crippen LogP contribution in [-0.2, 0) is 17.6 Å². The predicted octanol–water partition coefficient (Wildman–Crippen LogP) is 3.52. The number of rotatable bonds is 7. The topological polar surface area (TPSA) is 66.9 Å². The molecule has 1 aromatic heterocycles. The maximum Gasteiger partial charge on any atom is 0.225 e. The van der Waals surface area contributed by atoms with E-state index in [0.717, 1.165) is 76.3 Å². The Morgan fingerprint density at radius 2 is 2.00 bits per heavy atom. The standard InChI is InChI=1S/C26H34N4O3/c1-19-17-21-22(5-4-6-23(21)33-18-19)30-14-12-29(13-15-30)11-2-3-16-32-25-10-8-20-7-9-24(31)27-26(20)28-25/h4-6,8,10,19H,2-3,7,9,11-18H2,1H3,(H,27,28,31). The average molecular weight is 451 g/mol. The van der Waals surface area contributed by atoms with E-state index in [1.54, 1.807) is 0 Å². The number of piperazine rings is 1. The summed E-state index contributed by atoms with van der Waals surface area (Å²) in [4.78, 5) is 21.1. The molecule has 1 unspecified atom stereocenters. The molecule has 7 heteroatoms. The lowest BCUT2D eigenvalue weighted by Crippen LogP contribution is -2.47. The Morgan fingerprint density at radius 1 is 1.12 bits per heavy atom. The molecule has 2 aromatic rings. The van der Waals surface area contributed by atoms with E-state index in [4.69, 9.17) is 9.47 Å². The first kappa shape index (κ1) is 22.0. The molecule has 0 saturated carbocycles. The summed E-state index contributed by atoms with van der Waals surface area (Å²) < 4.78 is 11.8. The number of aryl methyl sites for hydroxylation is 1. The second kappa shape index (κ2) is 10.00. The van der Waals surface area contributed by atoms with Gasteiger partial charge in [-0.15, -0.1) is 0 Å². The lowest BCUT2D eigenvalue weighted by molar-refractivity contribution is -0.116. The molecule has 1 atom stereocenters. The molecule has 33 heavy (non-hydrogen) atoms. The maximum atomic E-state index is 11.6. The van der Waals surface area contributed by atoms with E-state index in [2.05, 4.69) is 45.2 Å². The Balaban J connectivity index is 1.04. The first-order chi connectivity index (χ1) is 16.2. The number of ether oxygens (including phenoxy) is 2. The van der Waals surface area contributed by atoms with Crippen LogP contribution in [0, 0.1) is 5.92 Å². The summed E-state index contributed by atoms with van der Waals surface area (Å²) in [5.41, 5.74) is 3.83. The fourth-order valence-corrected chi connectivity index (χ4v) is 4.96. The number of unbranched alkanes of at least 4 members (excludes halogenated alkanes) is 1. The number of carbonyl (C=O) groups is 1. The molecule has 0 spiro atoms. The Hall–Kier alpha value is -2.80. The third-order valence-corrected chi connectivity index (χ3v) is 6.85. The summed E-state index contributed by atoms with van der Waals surface area (Å²) in [6.45, 7) is 9.14. The monoisotopic (exact) mass is 450 g/mol. The van der Waals surface area contributed by atoms with Crippen LogP contribution in [0.15, 0.2) is 30.3 Å². The van der Waals surface area contributed by atoms with Crippen molar-refractivity contribution in [3.8, 4) is 11.6 Å². The minimum atomic E-state index is 0.0299. The van der Waals surface area contributed by atoms with E-state index >= 15 is 0 Å². The number of nitrogens with zero attached hydrogens (tertiary/aromatic N) is 3. The third-order valence-electron chi connectivity index (χ3n) is 6.85. The fourth-order valence-electron chi connectivity index (χ4n) is 4.96. The smallest absolute Gasteiger partial charge is 0.225 e. The molecule has 5 rings (SSSR count). The molecular formula is C26H34N4O3. The van der Waals surface area contributed by atoms with Crippen LogP contribution >= 0.6 is 0 Å². The minimum Gasteiger partial charge on any atom is -0.493 e. The van der Waals surface area contributed by atoms with Gasteiger partial charge in [0.1, 0.15) is 11.6 Å². The molecule has 1 N–H and O–H groups in total. The molecule has 1 fully saturated rings. The number of benzene rings is 1. The fraction of sp³-hybridized carbons (Fsp3) is 0.538. The highest BCUT2D eigenvalue weighted by molar-refractivity contribution is 5.92. The van der Waals surface area contributed by atoms with Crippen molar-refractivity contribution in [2.75, 3.05) is 56.2 Å². The van der Waals surface area contributed by atoms with Gasteiger partial charge in [-0.25, -0.2) is 0 Å². The van der Waals surface area contributed by atoms with Crippen LogP contribution < -0.4 is 19.7 Å². The van der Waals surface area contributed by atoms with Gasteiger partial charge in [0.15, 0.2) is 0 Å². The van der Waals surface area contributed by atoms with Crippen LogP contribution in [0.4, 0.5) is 11.5 Å². The van der Waals surface area contributed by atoms with Gasteiger partial charge in [-0.1, -0.05) is 13.0 Å². The highest BCUT2D eigenvalue weighted by Gasteiger charge is 2.24. The van der Waals surface area contributed by atoms with Gasteiger partial charge >= 0.3 is 0 Å². The number of hydrogen-bond donors (Lipinski definition) is 1. The van der Waals surface area contributed by atoms with Gasteiger partial charge in [-0.05, 0) is 61.9 Å². The highest BCUT2D eigenvalue weighted by atomic mass is 16.5. The summed E-state index contributed by atoms with van der Waals surface area (Å²) >= 11 is 0. The van der Waals surface area contributed by atoms with Crippen LogP contribution in [0.1, 0.15) is 37.3 Å². The summed E-state index contributed by atoms with van der Waals surface area (Å²) in [6.07, 6.45) is 4.49. The molecule has 7 nitrogen and oxygen atoms in total. The number of fused-ring (bicyclic) bond motifs is 2. The quantitative estimate of drug-likeness (QED) is 0.651. The molecule has 176 valence electrons. The number of pyridine rings is 1. The maximum absolute atomic E-state index is 11.6. The van der Waals surface area contributed by atoms with Crippen molar-refractivity contribution in [3.05, 3.63) is 41.5 Å². The van der Waals surface area contributed by atoms with Gasteiger partial charge in [0, 0.05) is 49.9 Å². The summed E-state index contributed by atoms with van der Waals surface area (Å²) in [6, 6.07) is 10.4. The van der Waals surface area contributed by atoms with Crippen molar-refractivity contribution in [2.45, 2.75) is 39.0 Å². The molecule has 1 aromatic carbocycles. The van der Waals surface area contributed by atoms with Crippen molar-refractivity contribution in [1.29, 1.82) is 0 Å². The molecule has 4 heterocycles. The average Bonchev–Trinajstić information content (AvgIpc) is 2.83. The van der Waals surface area contributed by atoms with Crippen molar-refractivity contribution in [1.82, 2.24) is 9.88 Å². The summed E-state index contributed by atoms with van der Waals surface area (Å²) in [7, 11) is 0. The van der Waals surface area contributed by atoms with Gasteiger partial charge in [0.05, 0.1) is 13.2 Å². The second-order valence-electron chi connectivity index (χ2n) is 9.46. The zero-order valence-electron chi connectivity index (χ0n) is 19.5. The van der Waals surface area contributed by atoms with Gasteiger partial charge in [0.2, 0.25) is 11.8 Å². The van der Waals surface area contributed by atoms with E-state index < -0.39 is 0 Å². The van der Waals surface area contributed by atoms with E-state index in [0.29, 0.717) is 30.6 Å². The number of hydrogen-bond acceptors (Lipinski definition) is 6. The molecule has 1 saturated heterocycles. The van der Waals surface area contributed by atoms with Gasteiger partial charge in [-0.3, -0.25) is 9.69 Å². The van der Waals surface area contributed by atoms with Crippen molar-refractivity contribution in [3.63, 3.8) is 0 Å². The summed E-state index contributed by atoms with van der Waals surface area (Å²) in [5.74, 6) is 2.93. The first-order valence-electron chi connectivity index (χ1n) is 12.3. The van der Waals surface area contributed by atoms with Crippen LogP contribution in [0.5, 0.6) is 11.6 Å². The number of amides is 1. The van der Waals surface area contributed by atoms with Crippen LogP contribution in [0.2, 0.25) is 0 Å². The van der Waals surface area contributed by atoms with Gasteiger partial charge in [-0.2, -0.15) is 4.98 Å². The number of carbonyl (C=O) groups excluding carboxylic acids is 1. The Morgan fingerprint density at radius 3 is 2.88 bits per heavy atom. The molecule has 1 amide bonds. The van der Waals surface area contributed by atoms with Gasteiger partial charge in [0.25, 0.3) is 0 Å². The zero-order valence-corrected chi connectivity index (χ0v) is 19.5. The predicted molar refractivity (Wildman–Crippen MR) is 129 cm³/mol. The first-order valence-corrected chi connectivity index (χ1v) is 12.3. The zero-order chi connectivity index (χ0) is 22.6. The Bertz CT molecular complexity index is 987. The van der Waals surface area contributed by atoms with Crippen LogP contribution in [0.3, 0.4) is 0 Å². The molecular weight excluding hydrogens is 416 g/mol. The molecule has 0 radical (unpaired) electrons. The lowest BCUT2D eigenvalue weighted by atomic mass is 9.96. The summed E-state index contributed by atoms with van der Waals surface area (Å²) in [5, 5.41) is 2.83. The largest absolute Gasteiger partial charge is 0.493 e. The Kier molecular flexibility index (Phi) is 6.67. The van der Waals surface area contributed by atoms with Crippen molar-refractivity contribution < 1.29 is 14.3 Å². The third kappa shape index (κ3) is 5.24. The highest BCUT2D eigenvalue weighted by Crippen LogP contribution is 2.35. The van der Waals surface area contributed by atoms with E-state index in [9.17, 15) is 4.79 Å². The molecule has 3 aliphatic heterocycles. The second-order valence-corrected chi connectivity index (χ2v) is 9.46. The van der Waals surface area contributed by atoms with E-state index in [-0.39, 0.29) is 5.91 Å². The van der Waals surface area contributed by atoms with Gasteiger partial charge < -0.3 is 19.7 Å². The minimum absolute atomic E-state index is 0.0299. The Labute approximate surface area is 196 Å². The molecule has 3 aliphatic rings. The number of anilines is 2. The van der Waals surface area contributed by atoms with Crippen molar-refractivity contribution in [2.24, 2.45) is 5.92 Å². The van der Waals surface area contributed by atoms with Crippen molar-refractivity contribution >= 4 is 17.4 Å². The normalized spacial score (nSPS) is 20.5.